The van der Waals surface area contributed by atoms with E-state index >= 15 is 0 Å². The van der Waals surface area contributed by atoms with Gasteiger partial charge >= 0.3 is 6.01 Å². The first-order valence-electron chi connectivity index (χ1n) is 7.24. The van der Waals surface area contributed by atoms with Crippen LogP contribution in [0.1, 0.15) is 31.2 Å². The van der Waals surface area contributed by atoms with Gasteiger partial charge in [-0.2, -0.15) is 0 Å². The number of benzene rings is 1. The summed E-state index contributed by atoms with van der Waals surface area (Å²) in [7, 11) is 0. The highest BCUT2D eigenvalue weighted by molar-refractivity contribution is 5.66. The van der Waals surface area contributed by atoms with E-state index in [9.17, 15) is 0 Å². The Balaban J connectivity index is 1.57. The first-order valence-corrected chi connectivity index (χ1v) is 7.24. The summed E-state index contributed by atoms with van der Waals surface area (Å²) in [5.41, 5.74) is 2.53. The standard InChI is InChI=1S/C15H18N4O/c1-10-8-11-4-2-3-5-13(11)19(10)15-18-17-14(20-15)9-16-12-6-7-12/h2-5,10,12,16H,6-9H2,1H3. The molecule has 1 unspecified atom stereocenters. The number of hydrogen-bond acceptors (Lipinski definition) is 5. The molecule has 0 bridgehead atoms. The molecule has 1 saturated carbocycles. The number of para-hydroxylation sites is 1. The summed E-state index contributed by atoms with van der Waals surface area (Å²) in [5, 5.41) is 11.8. The Kier molecular flexibility index (Phi) is 2.73. The zero-order valence-corrected chi connectivity index (χ0v) is 11.5. The largest absolute Gasteiger partial charge is 0.406 e. The number of nitrogens with zero attached hydrogens (tertiary/aromatic N) is 3. The average molecular weight is 270 g/mol. The van der Waals surface area contributed by atoms with E-state index in [4.69, 9.17) is 4.42 Å². The van der Waals surface area contributed by atoms with Gasteiger partial charge in [0.15, 0.2) is 0 Å². The summed E-state index contributed by atoms with van der Waals surface area (Å²) in [6.07, 6.45) is 3.54. The van der Waals surface area contributed by atoms with Gasteiger partial charge in [-0.25, -0.2) is 0 Å². The Morgan fingerprint density at radius 2 is 2.15 bits per heavy atom. The molecular weight excluding hydrogens is 252 g/mol. The fourth-order valence-electron chi connectivity index (χ4n) is 2.79. The van der Waals surface area contributed by atoms with E-state index in [1.807, 2.05) is 0 Å². The smallest absolute Gasteiger partial charge is 0.323 e. The van der Waals surface area contributed by atoms with Gasteiger partial charge in [-0.1, -0.05) is 23.3 Å². The van der Waals surface area contributed by atoms with E-state index in [0.29, 0.717) is 30.5 Å². The number of hydrogen-bond donors (Lipinski definition) is 1. The summed E-state index contributed by atoms with van der Waals surface area (Å²) < 4.78 is 5.81. The Morgan fingerprint density at radius 3 is 3.00 bits per heavy atom. The summed E-state index contributed by atoms with van der Waals surface area (Å²) in [6.45, 7) is 2.86. The van der Waals surface area contributed by atoms with Crippen LogP contribution in [0.25, 0.3) is 0 Å². The van der Waals surface area contributed by atoms with Gasteiger partial charge in [0.25, 0.3) is 0 Å². The van der Waals surface area contributed by atoms with Crippen molar-refractivity contribution in [3.63, 3.8) is 0 Å². The molecule has 5 heteroatoms. The number of fused-ring (bicyclic) bond motifs is 1. The van der Waals surface area contributed by atoms with Gasteiger partial charge in [0.2, 0.25) is 5.89 Å². The van der Waals surface area contributed by atoms with E-state index < -0.39 is 0 Å². The molecule has 104 valence electrons. The highest BCUT2D eigenvalue weighted by Crippen LogP contribution is 2.37. The van der Waals surface area contributed by atoms with Crippen LogP contribution in [-0.4, -0.2) is 22.3 Å². The van der Waals surface area contributed by atoms with Crippen LogP contribution in [-0.2, 0) is 13.0 Å². The molecule has 2 aliphatic rings. The molecule has 1 atom stereocenters. The number of rotatable bonds is 4. The maximum absolute atomic E-state index is 5.81. The summed E-state index contributed by atoms with van der Waals surface area (Å²) in [5.74, 6) is 0.670. The highest BCUT2D eigenvalue weighted by atomic mass is 16.4. The first kappa shape index (κ1) is 11.9. The Labute approximate surface area is 118 Å². The highest BCUT2D eigenvalue weighted by Gasteiger charge is 2.30. The minimum atomic E-state index is 0.358. The lowest BCUT2D eigenvalue weighted by Crippen LogP contribution is -2.24. The third-order valence-electron chi connectivity index (χ3n) is 3.99. The molecule has 0 radical (unpaired) electrons. The lowest BCUT2D eigenvalue weighted by molar-refractivity contribution is 0.463. The number of nitrogens with one attached hydrogen (secondary N) is 1. The second-order valence-electron chi connectivity index (χ2n) is 5.69. The van der Waals surface area contributed by atoms with Crippen LogP contribution >= 0.6 is 0 Å². The van der Waals surface area contributed by atoms with E-state index in [-0.39, 0.29) is 0 Å². The lowest BCUT2D eigenvalue weighted by Gasteiger charge is -2.19. The van der Waals surface area contributed by atoms with Gasteiger partial charge in [-0.05, 0) is 37.8 Å². The van der Waals surface area contributed by atoms with Crippen LogP contribution in [0.4, 0.5) is 11.7 Å². The van der Waals surface area contributed by atoms with Crippen molar-refractivity contribution in [3.05, 3.63) is 35.7 Å². The summed E-state index contributed by atoms with van der Waals surface area (Å²) in [6, 6.07) is 10.0. The van der Waals surface area contributed by atoms with Gasteiger partial charge < -0.3 is 9.73 Å². The summed E-state index contributed by atoms with van der Waals surface area (Å²) >= 11 is 0. The fourth-order valence-corrected chi connectivity index (χ4v) is 2.79. The minimum Gasteiger partial charge on any atom is -0.406 e. The predicted octanol–water partition coefficient (Wildman–Crippen LogP) is 2.40. The Morgan fingerprint density at radius 1 is 1.30 bits per heavy atom. The van der Waals surface area contributed by atoms with Gasteiger partial charge in [-0.3, -0.25) is 4.90 Å². The van der Waals surface area contributed by atoms with Crippen molar-refractivity contribution in [3.8, 4) is 0 Å². The van der Waals surface area contributed by atoms with Crippen molar-refractivity contribution in [1.29, 1.82) is 0 Å². The van der Waals surface area contributed by atoms with Crippen molar-refractivity contribution in [2.75, 3.05) is 4.90 Å². The lowest BCUT2D eigenvalue weighted by atomic mass is 10.1. The molecule has 0 saturated heterocycles. The second kappa shape index (κ2) is 4.59. The maximum atomic E-state index is 5.81. The zero-order valence-electron chi connectivity index (χ0n) is 11.5. The van der Waals surface area contributed by atoms with Crippen molar-refractivity contribution >= 4 is 11.7 Å². The Bertz CT molecular complexity index is 620. The number of anilines is 2. The molecular formula is C15H18N4O. The normalized spacial score (nSPS) is 21.2. The SMILES string of the molecule is CC1Cc2ccccc2N1c1nnc(CNC2CC2)o1. The van der Waals surface area contributed by atoms with E-state index in [1.54, 1.807) is 0 Å². The molecule has 1 aromatic carbocycles. The summed E-state index contributed by atoms with van der Waals surface area (Å²) in [4.78, 5) is 2.14. The van der Waals surface area contributed by atoms with Crippen LogP contribution in [0.5, 0.6) is 0 Å². The number of aromatic nitrogens is 2. The van der Waals surface area contributed by atoms with Gasteiger partial charge in [-0.15, -0.1) is 5.10 Å². The molecule has 1 aromatic heterocycles. The van der Waals surface area contributed by atoms with Crippen LogP contribution < -0.4 is 10.2 Å². The second-order valence-corrected chi connectivity index (χ2v) is 5.69. The molecule has 0 spiro atoms. The zero-order chi connectivity index (χ0) is 13.5. The van der Waals surface area contributed by atoms with E-state index in [2.05, 4.69) is 51.6 Å². The molecule has 1 aliphatic carbocycles. The molecule has 1 N–H and O–H groups in total. The van der Waals surface area contributed by atoms with E-state index in [0.717, 1.165) is 6.42 Å². The molecule has 4 rings (SSSR count). The molecule has 20 heavy (non-hydrogen) atoms. The van der Waals surface area contributed by atoms with Crippen molar-refractivity contribution in [2.24, 2.45) is 0 Å². The molecule has 0 amide bonds. The molecule has 5 nitrogen and oxygen atoms in total. The quantitative estimate of drug-likeness (QED) is 0.924. The molecule has 2 aromatic rings. The third kappa shape index (κ3) is 2.08. The monoisotopic (exact) mass is 270 g/mol. The van der Waals surface area contributed by atoms with Crippen LogP contribution in [0.15, 0.2) is 28.7 Å². The predicted molar refractivity (Wildman–Crippen MR) is 75.9 cm³/mol. The Hall–Kier alpha value is -1.88. The van der Waals surface area contributed by atoms with Gasteiger partial charge in [0.1, 0.15) is 0 Å². The van der Waals surface area contributed by atoms with E-state index in [1.165, 1.54) is 24.1 Å². The van der Waals surface area contributed by atoms with Crippen LogP contribution in [0, 0.1) is 0 Å². The maximum Gasteiger partial charge on any atom is 0.323 e. The average Bonchev–Trinajstić information content (AvgIpc) is 3.06. The van der Waals surface area contributed by atoms with Crippen molar-refractivity contribution < 1.29 is 4.42 Å². The molecule has 1 aliphatic heterocycles. The minimum absolute atomic E-state index is 0.358. The first-order chi connectivity index (χ1) is 9.81. The molecule has 1 fully saturated rings. The topological polar surface area (TPSA) is 54.2 Å². The fraction of sp³-hybridized carbons (Fsp3) is 0.467. The van der Waals surface area contributed by atoms with Crippen LogP contribution in [0.2, 0.25) is 0 Å². The third-order valence-corrected chi connectivity index (χ3v) is 3.99. The molecule has 2 heterocycles. The van der Waals surface area contributed by atoms with Gasteiger partial charge in [0.05, 0.1) is 6.54 Å². The van der Waals surface area contributed by atoms with Crippen LogP contribution in [0.3, 0.4) is 0 Å². The van der Waals surface area contributed by atoms with Gasteiger partial charge in [0, 0.05) is 17.8 Å². The van der Waals surface area contributed by atoms with Crippen molar-refractivity contribution in [1.82, 2.24) is 15.5 Å². The van der Waals surface area contributed by atoms with Crippen molar-refractivity contribution in [2.45, 2.75) is 44.8 Å².